The summed E-state index contributed by atoms with van der Waals surface area (Å²) in [4.78, 5) is 4.02. The summed E-state index contributed by atoms with van der Waals surface area (Å²) >= 11 is 0. The molecule has 0 aliphatic carbocycles. The van der Waals surface area contributed by atoms with Gasteiger partial charge in [-0.05, 0) is 6.42 Å². The summed E-state index contributed by atoms with van der Waals surface area (Å²) in [5.41, 5.74) is 0. The Hall–Kier alpha value is -1.11. The van der Waals surface area contributed by atoms with E-state index in [-0.39, 0.29) is 6.54 Å². The van der Waals surface area contributed by atoms with Crippen molar-refractivity contribution in [3.63, 3.8) is 0 Å². The van der Waals surface area contributed by atoms with E-state index in [0.717, 1.165) is 12.8 Å². The van der Waals surface area contributed by atoms with Gasteiger partial charge in [-0.3, -0.25) is 5.10 Å². The molecule has 0 aromatic carbocycles. The van der Waals surface area contributed by atoms with Crippen LogP contribution < -0.4 is 5.32 Å². The average Bonchev–Trinajstić information content (AvgIpc) is 2.51. The lowest BCUT2D eigenvalue weighted by Gasteiger charge is -2.05. The number of hydrogen-bond donors (Lipinski definition) is 2. The van der Waals surface area contributed by atoms with Gasteiger partial charge in [-0.1, -0.05) is 6.92 Å². The highest BCUT2D eigenvalue weighted by Gasteiger charge is 2.26. The molecule has 0 bridgehead atoms. The lowest BCUT2D eigenvalue weighted by Crippen LogP contribution is -2.28. The van der Waals surface area contributed by atoms with Crippen LogP contribution in [0.4, 0.5) is 13.2 Å². The molecule has 86 valence electrons. The normalized spacial score (nSPS) is 12.0. The third kappa shape index (κ3) is 4.78. The number of rotatable bonds is 5. The molecule has 2 N–H and O–H groups in total. The zero-order chi connectivity index (χ0) is 11.3. The number of alkyl halides is 3. The van der Waals surface area contributed by atoms with Crippen molar-refractivity contribution < 1.29 is 13.2 Å². The second kappa shape index (κ2) is 5.11. The van der Waals surface area contributed by atoms with E-state index in [0.29, 0.717) is 11.6 Å². The molecule has 1 aromatic rings. The molecule has 0 unspecified atom stereocenters. The second-order valence-electron chi connectivity index (χ2n) is 3.17. The zero-order valence-corrected chi connectivity index (χ0v) is 8.36. The van der Waals surface area contributed by atoms with Crippen LogP contribution in [0.3, 0.4) is 0 Å². The fourth-order valence-electron chi connectivity index (χ4n) is 1.07. The van der Waals surface area contributed by atoms with Gasteiger partial charge in [0.2, 0.25) is 0 Å². The minimum absolute atomic E-state index is 0.0518. The van der Waals surface area contributed by atoms with Crippen LogP contribution >= 0.6 is 0 Å². The maximum absolute atomic E-state index is 11.8. The summed E-state index contributed by atoms with van der Waals surface area (Å²) in [5.74, 6) is 1.07. The van der Waals surface area contributed by atoms with Crippen molar-refractivity contribution in [3.05, 3.63) is 11.6 Å². The van der Waals surface area contributed by atoms with Crippen LogP contribution in [0.2, 0.25) is 0 Å². The van der Waals surface area contributed by atoms with Crippen LogP contribution in [0.5, 0.6) is 0 Å². The number of H-pyrrole nitrogens is 1. The number of nitrogens with zero attached hydrogens (tertiary/aromatic N) is 2. The zero-order valence-electron chi connectivity index (χ0n) is 8.36. The number of nitrogens with one attached hydrogen (secondary N) is 2. The first-order valence-electron chi connectivity index (χ1n) is 4.69. The number of aromatic amines is 1. The number of halogens is 3. The molecule has 4 nitrogen and oxygen atoms in total. The SMILES string of the molecule is CCCc1n[nH]c(CNCC(F)(F)F)n1. The van der Waals surface area contributed by atoms with Crippen LogP contribution in [0.1, 0.15) is 25.0 Å². The molecular formula is C8H13F3N4. The summed E-state index contributed by atoms with van der Waals surface area (Å²) in [6.07, 6.45) is -2.55. The van der Waals surface area contributed by atoms with Gasteiger partial charge in [0, 0.05) is 6.42 Å². The van der Waals surface area contributed by atoms with Crippen LogP contribution in [-0.2, 0) is 13.0 Å². The monoisotopic (exact) mass is 222 g/mol. The minimum atomic E-state index is -4.19. The van der Waals surface area contributed by atoms with E-state index in [1.807, 2.05) is 6.92 Å². The Labute approximate surface area is 85.3 Å². The van der Waals surface area contributed by atoms with Crippen molar-refractivity contribution in [2.75, 3.05) is 6.54 Å². The van der Waals surface area contributed by atoms with E-state index in [1.54, 1.807) is 0 Å². The molecule has 0 aliphatic heterocycles. The van der Waals surface area contributed by atoms with Gasteiger partial charge in [-0.2, -0.15) is 18.3 Å². The fraction of sp³-hybridized carbons (Fsp3) is 0.750. The minimum Gasteiger partial charge on any atom is -0.302 e. The molecule has 0 radical (unpaired) electrons. The highest BCUT2D eigenvalue weighted by Crippen LogP contribution is 2.12. The van der Waals surface area contributed by atoms with Crippen LogP contribution in [0.25, 0.3) is 0 Å². The van der Waals surface area contributed by atoms with Crippen molar-refractivity contribution in [1.29, 1.82) is 0 Å². The number of hydrogen-bond acceptors (Lipinski definition) is 3. The molecule has 1 aromatic heterocycles. The molecule has 15 heavy (non-hydrogen) atoms. The van der Waals surface area contributed by atoms with Crippen molar-refractivity contribution in [3.8, 4) is 0 Å². The summed E-state index contributed by atoms with van der Waals surface area (Å²) in [6.45, 7) is 1.02. The molecule has 1 rings (SSSR count). The molecule has 7 heteroatoms. The van der Waals surface area contributed by atoms with Crippen LogP contribution in [0, 0.1) is 0 Å². The van der Waals surface area contributed by atoms with E-state index in [4.69, 9.17) is 0 Å². The summed E-state index contributed by atoms with van der Waals surface area (Å²) in [7, 11) is 0. The van der Waals surface area contributed by atoms with E-state index >= 15 is 0 Å². The van der Waals surface area contributed by atoms with Crippen molar-refractivity contribution in [2.45, 2.75) is 32.5 Å². The Morgan fingerprint density at radius 3 is 2.73 bits per heavy atom. The maximum Gasteiger partial charge on any atom is 0.401 e. The van der Waals surface area contributed by atoms with Gasteiger partial charge in [0.1, 0.15) is 5.82 Å². The van der Waals surface area contributed by atoms with Gasteiger partial charge in [0.05, 0.1) is 13.1 Å². The Morgan fingerprint density at radius 1 is 1.40 bits per heavy atom. The van der Waals surface area contributed by atoms with Crippen molar-refractivity contribution >= 4 is 0 Å². The van der Waals surface area contributed by atoms with Gasteiger partial charge in [-0.25, -0.2) is 4.98 Å². The molecule has 0 aliphatic rings. The fourth-order valence-corrected chi connectivity index (χ4v) is 1.07. The van der Waals surface area contributed by atoms with Gasteiger partial charge in [0.15, 0.2) is 5.82 Å². The third-order valence-electron chi connectivity index (χ3n) is 1.67. The van der Waals surface area contributed by atoms with Crippen LogP contribution in [0.15, 0.2) is 0 Å². The maximum atomic E-state index is 11.8. The highest BCUT2D eigenvalue weighted by molar-refractivity contribution is 4.89. The Morgan fingerprint density at radius 2 is 2.13 bits per heavy atom. The Balaban J connectivity index is 2.31. The van der Waals surface area contributed by atoms with Gasteiger partial charge >= 0.3 is 6.18 Å². The molecule has 0 saturated carbocycles. The number of aromatic nitrogens is 3. The average molecular weight is 222 g/mol. The standard InChI is InChI=1S/C8H13F3N4/c1-2-3-6-13-7(15-14-6)4-12-5-8(9,10)11/h12H,2-5H2,1H3,(H,13,14,15). The predicted octanol–water partition coefficient (Wildman–Crippen LogP) is 1.41. The number of aryl methyl sites for hydroxylation is 1. The first kappa shape index (κ1) is 12.0. The van der Waals surface area contributed by atoms with Crippen molar-refractivity contribution in [2.24, 2.45) is 0 Å². The van der Waals surface area contributed by atoms with Gasteiger partial charge in [0.25, 0.3) is 0 Å². The lowest BCUT2D eigenvalue weighted by atomic mass is 10.3. The van der Waals surface area contributed by atoms with Crippen LogP contribution in [-0.4, -0.2) is 27.9 Å². The largest absolute Gasteiger partial charge is 0.401 e. The van der Waals surface area contributed by atoms with Crippen molar-refractivity contribution in [1.82, 2.24) is 20.5 Å². The second-order valence-corrected chi connectivity index (χ2v) is 3.17. The summed E-state index contributed by atoms with van der Waals surface area (Å²) in [5, 5.41) is 8.69. The van der Waals surface area contributed by atoms with E-state index in [2.05, 4.69) is 20.5 Å². The van der Waals surface area contributed by atoms with E-state index < -0.39 is 12.7 Å². The molecule has 0 atom stereocenters. The molecule has 1 heterocycles. The Bertz CT molecular complexity index is 294. The van der Waals surface area contributed by atoms with Gasteiger partial charge < -0.3 is 5.32 Å². The van der Waals surface area contributed by atoms with E-state index in [1.165, 1.54) is 0 Å². The topological polar surface area (TPSA) is 53.6 Å². The molecule has 0 saturated heterocycles. The molecule has 0 fully saturated rings. The Kier molecular flexibility index (Phi) is 4.07. The quantitative estimate of drug-likeness (QED) is 0.792. The summed E-state index contributed by atoms with van der Waals surface area (Å²) < 4.78 is 35.3. The third-order valence-corrected chi connectivity index (χ3v) is 1.67. The molecule has 0 amide bonds. The molecule has 0 spiro atoms. The predicted molar refractivity (Wildman–Crippen MR) is 48.1 cm³/mol. The first-order chi connectivity index (χ1) is 7.01. The highest BCUT2D eigenvalue weighted by atomic mass is 19.4. The lowest BCUT2D eigenvalue weighted by molar-refractivity contribution is -0.125. The smallest absolute Gasteiger partial charge is 0.302 e. The summed E-state index contributed by atoms with van der Waals surface area (Å²) in [6, 6.07) is 0. The van der Waals surface area contributed by atoms with E-state index in [9.17, 15) is 13.2 Å². The van der Waals surface area contributed by atoms with Gasteiger partial charge in [-0.15, -0.1) is 0 Å². The first-order valence-corrected chi connectivity index (χ1v) is 4.69. The molecular weight excluding hydrogens is 209 g/mol.